The number of hydrogen-bond donors (Lipinski definition) is 2. The van der Waals surface area contributed by atoms with E-state index in [4.69, 9.17) is 27.9 Å². The minimum atomic E-state index is -4.64. The van der Waals surface area contributed by atoms with Crippen molar-refractivity contribution in [1.82, 2.24) is 10.2 Å². The standard InChI is InChI=1S/C22H13Cl2F3N4O2/c23-18-10-7-13(11-17(18)22(25,26)27)29-21(32)28-12-5-8-14(9-6-12)33-20-16-4-2-1-3-15(16)19(24)30-31-20/h1-11H,(H2,28,29,32). The van der Waals surface area contributed by atoms with E-state index < -0.39 is 22.8 Å². The number of rotatable bonds is 4. The highest BCUT2D eigenvalue weighted by molar-refractivity contribution is 6.34. The van der Waals surface area contributed by atoms with Crippen molar-refractivity contribution < 1.29 is 22.7 Å². The molecule has 0 saturated carbocycles. The van der Waals surface area contributed by atoms with Crippen LogP contribution in [0.2, 0.25) is 10.2 Å². The fraction of sp³-hybridized carbons (Fsp3) is 0.0455. The van der Waals surface area contributed by atoms with Crippen molar-refractivity contribution in [2.45, 2.75) is 6.18 Å². The van der Waals surface area contributed by atoms with Crippen molar-refractivity contribution in [2.24, 2.45) is 0 Å². The number of ether oxygens (including phenoxy) is 1. The van der Waals surface area contributed by atoms with Crippen molar-refractivity contribution in [3.05, 3.63) is 82.5 Å². The Morgan fingerprint density at radius 3 is 2.18 bits per heavy atom. The fourth-order valence-corrected chi connectivity index (χ4v) is 3.38. The summed E-state index contributed by atoms with van der Waals surface area (Å²) in [5.41, 5.74) is -0.712. The van der Waals surface area contributed by atoms with Crippen LogP contribution >= 0.6 is 23.2 Å². The molecule has 0 atom stereocenters. The summed E-state index contributed by atoms with van der Waals surface area (Å²) in [6.45, 7) is 0. The van der Waals surface area contributed by atoms with E-state index in [9.17, 15) is 18.0 Å². The van der Waals surface area contributed by atoms with E-state index in [-0.39, 0.29) is 16.7 Å². The number of amides is 2. The van der Waals surface area contributed by atoms with Crippen molar-refractivity contribution in [3.8, 4) is 11.6 Å². The molecule has 3 aromatic carbocycles. The molecule has 0 bridgehead atoms. The maximum absolute atomic E-state index is 13.0. The molecule has 0 fully saturated rings. The Labute approximate surface area is 195 Å². The van der Waals surface area contributed by atoms with Gasteiger partial charge in [0.2, 0.25) is 5.88 Å². The molecule has 2 amide bonds. The number of nitrogens with one attached hydrogen (secondary N) is 2. The van der Waals surface area contributed by atoms with Crippen LogP contribution in [0.5, 0.6) is 11.6 Å². The van der Waals surface area contributed by atoms with Crippen LogP contribution < -0.4 is 15.4 Å². The lowest BCUT2D eigenvalue weighted by molar-refractivity contribution is -0.137. The monoisotopic (exact) mass is 492 g/mol. The second-order valence-electron chi connectivity index (χ2n) is 6.74. The highest BCUT2D eigenvalue weighted by Crippen LogP contribution is 2.36. The number of aromatic nitrogens is 2. The van der Waals surface area contributed by atoms with Crippen LogP contribution in [-0.2, 0) is 6.18 Å². The van der Waals surface area contributed by atoms with Gasteiger partial charge in [-0.3, -0.25) is 0 Å². The molecule has 0 aliphatic rings. The lowest BCUT2D eigenvalue weighted by Gasteiger charge is -2.12. The molecule has 33 heavy (non-hydrogen) atoms. The quantitative estimate of drug-likeness (QED) is 0.311. The number of halogens is 5. The first-order valence-electron chi connectivity index (χ1n) is 9.34. The number of benzene rings is 3. The lowest BCUT2D eigenvalue weighted by atomic mass is 10.2. The van der Waals surface area contributed by atoms with Crippen LogP contribution in [0.4, 0.5) is 29.3 Å². The molecule has 1 heterocycles. The third-order valence-corrected chi connectivity index (χ3v) is 5.07. The van der Waals surface area contributed by atoms with E-state index in [0.29, 0.717) is 22.2 Å². The van der Waals surface area contributed by atoms with Crippen LogP contribution in [0.25, 0.3) is 10.8 Å². The molecule has 0 radical (unpaired) electrons. The Balaban J connectivity index is 1.43. The third kappa shape index (κ3) is 5.27. The first-order valence-corrected chi connectivity index (χ1v) is 10.1. The summed E-state index contributed by atoms with van der Waals surface area (Å²) >= 11 is 11.6. The Bertz CT molecular complexity index is 1330. The summed E-state index contributed by atoms with van der Waals surface area (Å²) in [6, 6.07) is 15.9. The molecule has 1 aromatic heterocycles. The number of carbonyl (C=O) groups is 1. The summed E-state index contributed by atoms with van der Waals surface area (Å²) in [5.74, 6) is 0.687. The van der Waals surface area contributed by atoms with E-state index in [2.05, 4.69) is 20.8 Å². The number of anilines is 2. The van der Waals surface area contributed by atoms with Gasteiger partial charge in [0.1, 0.15) is 5.75 Å². The first kappa shape index (κ1) is 22.6. The van der Waals surface area contributed by atoms with E-state index in [1.165, 1.54) is 6.07 Å². The largest absolute Gasteiger partial charge is 0.437 e. The second-order valence-corrected chi connectivity index (χ2v) is 7.50. The van der Waals surface area contributed by atoms with Gasteiger partial charge in [0.25, 0.3) is 0 Å². The summed E-state index contributed by atoms with van der Waals surface area (Å²) in [4.78, 5) is 12.2. The molecule has 0 aliphatic carbocycles. The maximum Gasteiger partial charge on any atom is 0.417 e. The molecule has 168 valence electrons. The van der Waals surface area contributed by atoms with Crippen molar-refractivity contribution in [1.29, 1.82) is 0 Å². The number of hydrogen-bond acceptors (Lipinski definition) is 4. The van der Waals surface area contributed by atoms with Gasteiger partial charge in [0.05, 0.1) is 10.6 Å². The van der Waals surface area contributed by atoms with Gasteiger partial charge in [-0.1, -0.05) is 41.4 Å². The van der Waals surface area contributed by atoms with Gasteiger partial charge < -0.3 is 15.4 Å². The number of nitrogens with zero attached hydrogens (tertiary/aromatic N) is 2. The topological polar surface area (TPSA) is 76.1 Å². The predicted octanol–water partition coefficient (Wildman–Crippen LogP) is 7.39. The van der Waals surface area contributed by atoms with Crippen LogP contribution in [0.15, 0.2) is 66.7 Å². The molecule has 0 unspecified atom stereocenters. The van der Waals surface area contributed by atoms with Gasteiger partial charge in [-0.2, -0.15) is 13.2 Å². The molecular weight excluding hydrogens is 480 g/mol. The molecule has 0 saturated heterocycles. The molecule has 6 nitrogen and oxygen atoms in total. The van der Waals surface area contributed by atoms with Gasteiger partial charge in [-0.15, -0.1) is 10.2 Å². The van der Waals surface area contributed by atoms with Crippen LogP contribution in [-0.4, -0.2) is 16.2 Å². The van der Waals surface area contributed by atoms with Crippen molar-refractivity contribution in [3.63, 3.8) is 0 Å². The molecular formula is C22H13Cl2F3N4O2. The molecule has 0 aliphatic heterocycles. The van der Waals surface area contributed by atoms with Gasteiger partial charge in [-0.05, 0) is 48.5 Å². The zero-order valence-electron chi connectivity index (χ0n) is 16.5. The average molecular weight is 493 g/mol. The summed E-state index contributed by atoms with van der Waals surface area (Å²) < 4.78 is 44.7. The van der Waals surface area contributed by atoms with Gasteiger partial charge in [0.15, 0.2) is 5.15 Å². The van der Waals surface area contributed by atoms with Crippen LogP contribution in [0, 0.1) is 0 Å². The molecule has 11 heteroatoms. The fourth-order valence-electron chi connectivity index (χ4n) is 2.95. The zero-order chi connectivity index (χ0) is 23.6. The van der Waals surface area contributed by atoms with Gasteiger partial charge in [-0.25, -0.2) is 4.79 Å². The van der Waals surface area contributed by atoms with Crippen molar-refractivity contribution >= 4 is 51.4 Å². The first-order chi connectivity index (χ1) is 15.7. The molecule has 2 N–H and O–H groups in total. The SMILES string of the molecule is O=C(Nc1ccc(Oc2nnc(Cl)c3ccccc23)cc1)Nc1ccc(Cl)c(C(F)(F)F)c1. The Morgan fingerprint density at radius 1 is 0.848 bits per heavy atom. The Morgan fingerprint density at radius 2 is 1.48 bits per heavy atom. The Hall–Kier alpha value is -3.56. The maximum atomic E-state index is 13.0. The lowest BCUT2D eigenvalue weighted by Crippen LogP contribution is -2.19. The van der Waals surface area contributed by atoms with E-state index in [1.54, 1.807) is 36.4 Å². The van der Waals surface area contributed by atoms with E-state index >= 15 is 0 Å². The highest BCUT2D eigenvalue weighted by atomic mass is 35.5. The summed E-state index contributed by atoms with van der Waals surface area (Å²) in [6.07, 6.45) is -4.64. The Kier molecular flexibility index (Phi) is 6.26. The minimum Gasteiger partial charge on any atom is -0.437 e. The van der Waals surface area contributed by atoms with Gasteiger partial charge in [0, 0.05) is 22.1 Å². The van der Waals surface area contributed by atoms with Gasteiger partial charge >= 0.3 is 12.2 Å². The van der Waals surface area contributed by atoms with Crippen molar-refractivity contribution in [2.75, 3.05) is 10.6 Å². The molecule has 4 rings (SSSR count). The number of urea groups is 1. The second kappa shape index (κ2) is 9.13. The minimum absolute atomic E-state index is 0.0580. The smallest absolute Gasteiger partial charge is 0.417 e. The third-order valence-electron chi connectivity index (χ3n) is 4.46. The zero-order valence-corrected chi connectivity index (χ0v) is 18.0. The predicted molar refractivity (Wildman–Crippen MR) is 120 cm³/mol. The molecule has 0 spiro atoms. The van der Waals surface area contributed by atoms with Crippen LogP contribution in [0.1, 0.15) is 5.56 Å². The van der Waals surface area contributed by atoms with E-state index in [1.807, 2.05) is 12.1 Å². The van der Waals surface area contributed by atoms with Crippen LogP contribution in [0.3, 0.4) is 0 Å². The van der Waals surface area contributed by atoms with E-state index in [0.717, 1.165) is 12.1 Å². The average Bonchev–Trinajstić information content (AvgIpc) is 2.78. The normalized spacial score (nSPS) is 11.3. The number of alkyl halides is 3. The number of fused-ring (bicyclic) bond motifs is 1. The highest BCUT2D eigenvalue weighted by Gasteiger charge is 2.33. The summed E-state index contributed by atoms with van der Waals surface area (Å²) in [5, 5.41) is 13.9. The summed E-state index contributed by atoms with van der Waals surface area (Å²) in [7, 11) is 0. The number of carbonyl (C=O) groups excluding carboxylic acids is 1. The molecule has 4 aromatic rings.